The first-order valence-electron chi connectivity index (χ1n) is 7.03. The molecule has 0 N–H and O–H groups in total. The number of pyridine rings is 1. The van der Waals surface area contributed by atoms with Gasteiger partial charge in [-0.2, -0.15) is 0 Å². The van der Waals surface area contributed by atoms with E-state index in [9.17, 15) is 4.79 Å². The minimum absolute atomic E-state index is 0.179. The summed E-state index contributed by atoms with van der Waals surface area (Å²) in [7, 11) is 1.58. The van der Waals surface area contributed by atoms with E-state index in [0.717, 1.165) is 42.6 Å². The van der Waals surface area contributed by atoms with Crippen LogP contribution in [0.25, 0.3) is 5.57 Å². The molecule has 2 rings (SSSR count). The average molecular weight is 274 g/mol. The maximum Gasteiger partial charge on any atom is 0.229 e. The fourth-order valence-electron chi connectivity index (χ4n) is 2.62. The Balaban J connectivity index is 2.33. The molecule has 1 saturated heterocycles. The van der Waals surface area contributed by atoms with Crippen LogP contribution in [-0.4, -0.2) is 36.0 Å². The predicted molar refractivity (Wildman–Crippen MR) is 79.7 cm³/mol. The molecule has 0 bridgehead atoms. The second kappa shape index (κ2) is 6.07. The van der Waals surface area contributed by atoms with Crippen LogP contribution >= 0.6 is 0 Å². The topological polar surface area (TPSA) is 42.4 Å². The van der Waals surface area contributed by atoms with Crippen LogP contribution in [0, 0.1) is 0 Å². The molecule has 1 aliphatic heterocycles. The van der Waals surface area contributed by atoms with Gasteiger partial charge in [0.1, 0.15) is 0 Å². The van der Waals surface area contributed by atoms with Gasteiger partial charge in [-0.05, 0) is 43.4 Å². The summed E-state index contributed by atoms with van der Waals surface area (Å²) in [5.74, 6) is 0.515. The zero-order valence-corrected chi connectivity index (χ0v) is 12.5. The summed E-state index contributed by atoms with van der Waals surface area (Å²) in [5, 5.41) is 0. The summed E-state index contributed by atoms with van der Waals surface area (Å²) in [5.41, 5.74) is 2.79. The molecule has 1 atom stereocenters. The Bertz CT molecular complexity index is 519. The Kier molecular flexibility index (Phi) is 4.42. The molecule has 108 valence electrons. The van der Waals surface area contributed by atoms with Crippen LogP contribution in [0.5, 0.6) is 5.88 Å². The molecule has 4 heteroatoms. The number of likely N-dealkylation sites (tertiary alicyclic amines) is 1. The Hall–Kier alpha value is -1.84. The van der Waals surface area contributed by atoms with Crippen molar-refractivity contribution in [2.75, 3.05) is 20.2 Å². The number of allylic oxidation sites excluding steroid dienone is 1. The lowest BCUT2D eigenvalue weighted by Gasteiger charge is -2.22. The van der Waals surface area contributed by atoms with Gasteiger partial charge in [-0.1, -0.05) is 6.58 Å². The lowest BCUT2D eigenvalue weighted by molar-refractivity contribution is -0.131. The summed E-state index contributed by atoms with van der Waals surface area (Å²) in [4.78, 5) is 18.7. The maximum atomic E-state index is 12.6. The monoisotopic (exact) mass is 274 g/mol. The predicted octanol–water partition coefficient (Wildman–Crippen LogP) is 2.85. The second-order valence-corrected chi connectivity index (χ2v) is 5.35. The Morgan fingerprint density at radius 2 is 2.10 bits per heavy atom. The van der Waals surface area contributed by atoms with Gasteiger partial charge in [0.2, 0.25) is 11.8 Å². The first-order chi connectivity index (χ1) is 9.54. The third kappa shape index (κ3) is 2.84. The van der Waals surface area contributed by atoms with Crippen LogP contribution in [0.2, 0.25) is 0 Å². The fraction of sp³-hybridized carbons (Fsp3) is 0.500. The van der Waals surface area contributed by atoms with Crippen molar-refractivity contribution in [3.05, 3.63) is 30.0 Å². The number of aromatic nitrogens is 1. The third-order valence-corrected chi connectivity index (χ3v) is 3.83. The van der Waals surface area contributed by atoms with Crippen molar-refractivity contribution in [2.45, 2.75) is 32.6 Å². The normalized spacial score (nSPS) is 16.1. The maximum absolute atomic E-state index is 12.6. The zero-order valence-electron chi connectivity index (χ0n) is 12.5. The number of carbonyl (C=O) groups is 1. The molecule has 0 aromatic carbocycles. The van der Waals surface area contributed by atoms with Crippen LogP contribution in [0.15, 0.2) is 18.8 Å². The van der Waals surface area contributed by atoms with Gasteiger partial charge in [0.05, 0.1) is 13.0 Å². The highest BCUT2D eigenvalue weighted by molar-refractivity contribution is 5.85. The fourth-order valence-corrected chi connectivity index (χ4v) is 2.62. The molecule has 1 aromatic rings. The van der Waals surface area contributed by atoms with Gasteiger partial charge in [0.15, 0.2) is 0 Å². The molecule has 0 spiro atoms. The standard InChI is InChI=1S/C16H22N2O2/c1-11(2)14-10-17-15(20-4)9-13(14)12(3)16(19)18-7-5-6-8-18/h9-10,12H,1,5-8H2,2-4H3/t12-/m1/s1. The minimum atomic E-state index is -0.198. The quantitative estimate of drug-likeness (QED) is 0.848. The molecule has 0 unspecified atom stereocenters. The minimum Gasteiger partial charge on any atom is -0.481 e. The molecule has 0 aliphatic carbocycles. The SMILES string of the molecule is C=C(C)c1cnc(OC)cc1[C@@H](C)C(=O)N1CCCC1. The molecule has 1 amide bonds. The smallest absolute Gasteiger partial charge is 0.229 e. The third-order valence-electron chi connectivity index (χ3n) is 3.83. The van der Waals surface area contributed by atoms with E-state index in [1.807, 2.05) is 24.8 Å². The summed E-state index contributed by atoms with van der Waals surface area (Å²) in [6.07, 6.45) is 3.95. The lowest BCUT2D eigenvalue weighted by Crippen LogP contribution is -2.31. The van der Waals surface area contributed by atoms with Crippen molar-refractivity contribution in [3.63, 3.8) is 0 Å². The highest BCUT2D eigenvalue weighted by Gasteiger charge is 2.26. The summed E-state index contributed by atoms with van der Waals surface area (Å²) in [6, 6.07) is 1.85. The van der Waals surface area contributed by atoms with Gasteiger partial charge in [0.25, 0.3) is 0 Å². The van der Waals surface area contributed by atoms with Crippen LogP contribution in [0.4, 0.5) is 0 Å². The number of hydrogen-bond acceptors (Lipinski definition) is 3. The van der Waals surface area contributed by atoms with Crippen LogP contribution in [-0.2, 0) is 4.79 Å². The number of carbonyl (C=O) groups excluding carboxylic acids is 1. The van der Waals surface area contributed by atoms with Crippen molar-refractivity contribution in [2.24, 2.45) is 0 Å². The Morgan fingerprint density at radius 1 is 1.45 bits per heavy atom. The summed E-state index contributed by atoms with van der Waals surface area (Å²) in [6.45, 7) is 9.59. The van der Waals surface area contributed by atoms with E-state index in [-0.39, 0.29) is 11.8 Å². The first kappa shape index (κ1) is 14.6. The highest BCUT2D eigenvalue weighted by atomic mass is 16.5. The van der Waals surface area contributed by atoms with E-state index in [1.165, 1.54) is 0 Å². The van der Waals surface area contributed by atoms with E-state index >= 15 is 0 Å². The van der Waals surface area contributed by atoms with E-state index in [1.54, 1.807) is 13.3 Å². The van der Waals surface area contributed by atoms with Crippen molar-refractivity contribution in [3.8, 4) is 5.88 Å². The van der Waals surface area contributed by atoms with Crippen molar-refractivity contribution in [1.82, 2.24) is 9.88 Å². The number of ether oxygens (including phenoxy) is 1. The molecule has 0 radical (unpaired) electrons. The molecule has 2 heterocycles. The Morgan fingerprint density at radius 3 is 2.65 bits per heavy atom. The van der Waals surface area contributed by atoms with Gasteiger partial charge >= 0.3 is 0 Å². The van der Waals surface area contributed by atoms with Crippen molar-refractivity contribution >= 4 is 11.5 Å². The number of methoxy groups -OCH3 is 1. The number of hydrogen-bond donors (Lipinski definition) is 0. The van der Waals surface area contributed by atoms with E-state index in [4.69, 9.17) is 4.74 Å². The van der Waals surface area contributed by atoms with Gasteiger partial charge in [-0.25, -0.2) is 4.98 Å². The van der Waals surface area contributed by atoms with E-state index < -0.39 is 0 Å². The van der Waals surface area contributed by atoms with Gasteiger partial charge < -0.3 is 9.64 Å². The van der Waals surface area contributed by atoms with Gasteiger partial charge in [0, 0.05) is 25.4 Å². The number of amides is 1. The lowest BCUT2D eigenvalue weighted by atomic mass is 9.93. The first-order valence-corrected chi connectivity index (χ1v) is 7.03. The van der Waals surface area contributed by atoms with Crippen LogP contribution < -0.4 is 4.74 Å². The van der Waals surface area contributed by atoms with Crippen molar-refractivity contribution in [1.29, 1.82) is 0 Å². The highest BCUT2D eigenvalue weighted by Crippen LogP contribution is 2.29. The molecule has 1 aliphatic rings. The zero-order chi connectivity index (χ0) is 14.7. The van der Waals surface area contributed by atoms with Crippen LogP contribution in [0.3, 0.4) is 0 Å². The van der Waals surface area contributed by atoms with E-state index in [2.05, 4.69) is 11.6 Å². The molecular weight excluding hydrogens is 252 g/mol. The molecule has 1 fully saturated rings. The summed E-state index contributed by atoms with van der Waals surface area (Å²) < 4.78 is 5.18. The molecule has 4 nitrogen and oxygen atoms in total. The molecular formula is C16H22N2O2. The summed E-state index contributed by atoms with van der Waals surface area (Å²) >= 11 is 0. The van der Waals surface area contributed by atoms with Crippen molar-refractivity contribution < 1.29 is 9.53 Å². The van der Waals surface area contributed by atoms with Gasteiger partial charge in [-0.15, -0.1) is 0 Å². The largest absolute Gasteiger partial charge is 0.481 e. The van der Waals surface area contributed by atoms with E-state index in [0.29, 0.717) is 5.88 Å². The van der Waals surface area contributed by atoms with Crippen LogP contribution in [0.1, 0.15) is 43.7 Å². The molecule has 20 heavy (non-hydrogen) atoms. The number of rotatable bonds is 4. The second-order valence-electron chi connectivity index (χ2n) is 5.35. The van der Waals surface area contributed by atoms with Gasteiger partial charge in [-0.3, -0.25) is 4.79 Å². The number of nitrogens with zero attached hydrogens (tertiary/aromatic N) is 2. The molecule has 1 aromatic heterocycles. The average Bonchev–Trinajstić information content (AvgIpc) is 2.99. The molecule has 0 saturated carbocycles. The Labute approximate surface area is 120 Å².